The van der Waals surface area contributed by atoms with Crippen molar-refractivity contribution in [2.75, 3.05) is 25.5 Å². The van der Waals surface area contributed by atoms with Gasteiger partial charge in [0.15, 0.2) is 0 Å². The van der Waals surface area contributed by atoms with Crippen LogP contribution in [-0.2, 0) is 4.79 Å². The molecule has 9 heteroatoms. The monoisotopic (exact) mass is 323 g/mol. The number of alkyl halides is 3. The summed E-state index contributed by atoms with van der Waals surface area (Å²) in [7, 11) is 1.61. The second-order valence-corrected chi connectivity index (χ2v) is 4.39. The number of hydrogen-bond donors (Lipinski definition) is 3. The Morgan fingerprint density at radius 2 is 1.81 bits per heavy atom. The zero-order valence-electron chi connectivity index (χ0n) is 11.0. The molecule has 0 bridgehead atoms. The van der Waals surface area contributed by atoms with Crippen molar-refractivity contribution in [3.05, 3.63) is 28.8 Å². The average molecular weight is 324 g/mol. The Balaban J connectivity index is 2.52. The second-order valence-electron chi connectivity index (χ2n) is 3.95. The number of rotatable bonds is 5. The van der Waals surface area contributed by atoms with Gasteiger partial charge in [-0.1, -0.05) is 11.6 Å². The van der Waals surface area contributed by atoms with Crippen LogP contribution in [0.15, 0.2) is 18.2 Å². The molecule has 0 radical (unpaired) electrons. The molecular formula is C12H13ClF3N3O2. The van der Waals surface area contributed by atoms with E-state index in [0.717, 1.165) is 0 Å². The standard InChI is InChI=1S/C12H13ClF3N3O2/c1-17-9-3-2-7(13)6-8(9)10(20)18-4-5-19-11(21)12(14,15)16/h2-3,6,17H,4-5H2,1H3,(H,18,20)(H,19,21). The summed E-state index contributed by atoms with van der Waals surface area (Å²) in [6.45, 7) is -0.476. The maximum atomic E-state index is 11.9. The minimum absolute atomic E-state index is 0.143. The molecule has 1 aromatic rings. The molecule has 0 saturated heterocycles. The fourth-order valence-electron chi connectivity index (χ4n) is 1.47. The molecular weight excluding hydrogens is 311 g/mol. The number of hydrogen-bond acceptors (Lipinski definition) is 3. The number of carbonyl (C=O) groups excluding carboxylic acids is 2. The topological polar surface area (TPSA) is 70.2 Å². The van der Waals surface area contributed by atoms with Crippen molar-refractivity contribution in [2.45, 2.75) is 6.18 Å². The summed E-state index contributed by atoms with van der Waals surface area (Å²) in [5.41, 5.74) is 0.781. The summed E-state index contributed by atoms with van der Waals surface area (Å²) >= 11 is 5.78. The molecule has 0 heterocycles. The Bertz CT molecular complexity index is 535. The summed E-state index contributed by atoms with van der Waals surface area (Å²) in [6.07, 6.45) is -4.93. The van der Waals surface area contributed by atoms with Crippen LogP contribution in [-0.4, -0.2) is 38.1 Å². The lowest BCUT2D eigenvalue weighted by Crippen LogP contribution is -2.41. The number of nitrogens with one attached hydrogen (secondary N) is 3. The van der Waals surface area contributed by atoms with Crippen LogP contribution in [0.3, 0.4) is 0 Å². The lowest BCUT2D eigenvalue weighted by atomic mass is 10.1. The number of halogens is 4. The molecule has 0 aliphatic heterocycles. The quantitative estimate of drug-likeness (QED) is 0.724. The molecule has 0 fully saturated rings. The van der Waals surface area contributed by atoms with E-state index in [4.69, 9.17) is 11.6 Å². The predicted octanol–water partition coefficient (Wildman–Crippen LogP) is 1.79. The summed E-state index contributed by atoms with van der Waals surface area (Å²) in [4.78, 5) is 22.4. The largest absolute Gasteiger partial charge is 0.471 e. The van der Waals surface area contributed by atoms with E-state index in [1.807, 2.05) is 0 Å². The molecule has 1 aromatic carbocycles. The van der Waals surface area contributed by atoms with Gasteiger partial charge in [-0.15, -0.1) is 0 Å². The van der Waals surface area contributed by atoms with Crippen LogP contribution >= 0.6 is 11.6 Å². The number of anilines is 1. The van der Waals surface area contributed by atoms with Crippen molar-refractivity contribution in [3.8, 4) is 0 Å². The maximum Gasteiger partial charge on any atom is 0.471 e. The van der Waals surface area contributed by atoms with E-state index in [-0.39, 0.29) is 18.7 Å². The van der Waals surface area contributed by atoms with Crippen molar-refractivity contribution in [1.82, 2.24) is 10.6 Å². The van der Waals surface area contributed by atoms with Gasteiger partial charge in [0.05, 0.1) is 5.56 Å². The molecule has 1 rings (SSSR count). The van der Waals surface area contributed by atoms with Gasteiger partial charge in [0.25, 0.3) is 5.91 Å². The van der Waals surface area contributed by atoms with Crippen LogP contribution in [0.1, 0.15) is 10.4 Å². The fourth-order valence-corrected chi connectivity index (χ4v) is 1.64. The first kappa shape index (κ1) is 17.1. The SMILES string of the molecule is CNc1ccc(Cl)cc1C(=O)NCCNC(=O)C(F)(F)F. The van der Waals surface area contributed by atoms with Crippen molar-refractivity contribution >= 4 is 29.1 Å². The molecule has 116 valence electrons. The smallest absolute Gasteiger partial charge is 0.387 e. The van der Waals surface area contributed by atoms with Gasteiger partial charge >= 0.3 is 12.1 Å². The van der Waals surface area contributed by atoms with Crippen molar-refractivity contribution < 1.29 is 22.8 Å². The van der Waals surface area contributed by atoms with E-state index in [1.54, 1.807) is 24.5 Å². The molecule has 21 heavy (non-hydrogen) atoms. The van der Waals surface area contributed by atoms with E-state index in [9.17, 15) is 22.8 Å². The van der Waals surface area contributed by atoms with Crippen molar-refractivity contribution in [1.29, 1.82) is 0 Å². The van der Waals surface area contributed by atoms with Crippen LogP contribution in [0.5, 0.6) is 0 Å². The van der Waals surface area contributed by atoms with Gasteiger partial charge in [-0.3, -0.25) is 9.59 Å². The van der Waals surface area contributed by atoms with Crippen LogP contribution in [0, 0.1) is 0 Å². The third kappa shape index (κ3) is 5.14. The molecule has 0 spiro atoms. The first-order valence-electron chi connectivity index (χ1n) is 5.86. The number of amides is 2. The van der Waals surface area contributed by atoms with Crippen LogP contribution in [0.25, 0.3) is 0 Å². The highest BCUT2D eigenvalue weighted by molar-refractivity contribution is 6.31. The molecule has 3 N–H and O–H groups in total. The third-order valence-electron chi connectivity index (χ3n) is 2.45. The van der Waals surface area contributed by atoms with E-state index in [1.165, 1.54) is 6.07 Å². The summed E-state index contributed by atoms with van der Waals surface area (Å²) in [6, 6.07) is 4.62. The fraction of sp³-hybridized carbons (Fsp3) is 0.333. The predicted molar refractivity (Wildman–Crippen MR) is 72.4 cm³/mol. The zero-order valence-corrected chi connectivity index (χ0v) is 11.7. The molecule has 0 aliphatic rings. The van der Waals surface area contributed by atoms with Crippen LogP contribution < -0.4 is 16.0 Å². The first-order valence-corrected chi connectivity index (χ1v) is 6.24. The van der Waals surface area contributed by atoms with E-state index in [0.29, 0.717) is 10.7 Å². The molecule has 5 nitrogen and oxygen atoms in total. The van der Waals surface area contributed by atoms with Gasteiger partial charge in [0, 0.05) is 30.8 Å². The second kappa shape index (κ2) is 7.16. The number of carbonyl (C=O) groups is 2. The molecule has 0 atom stereocenters. The van der Waals surface area contributed by atoms with Gasteiger partial charge in [-0.25, -0.2) is 0 Å². The van der Waals surface area contributed by atoms with E-state index in [2.05, 4.69) is 10.6 Å². The lowest BCUT2D eigenvalue weighted by molar-refractivity contribution is -0.173. The zero-order chi connectivity index (χ0) is 16.0. The van der Waals surface area contributed by atoms with Crippen LogP contribution in [0.2, 0.25) is 5.02 Å². The molecule has 0 saturated carbocycles. The number of benzene rings is 1. The first-order chi connectivity index (χ1) is 9.75. The maximum absolute atomic E-state index is 11.9. The highest BCUT2D eigenvalue weighted by Gasteiger charge is 2.38. The Morgan fingerprint density at radius 3 is 2.38 bits per heavy atom. The third-order valence-corrected chi connectivity index (χ3v) is 2.68. The van der Waals surface area contributed by atoms with Gasteiger partial charge < -0.3 is 16.0 Å². The van der Waals surface area contributed by atoms with Gasteiger partial charge in [-0.05, 0) is 18.2 Å². The summed E-state index contributed by atoms with van der Waals surface area (Å²) in [5.74, 6) is -2.56. The molecule has 0 aliphatic carbocycles. The van der Waals surface area contributed by atoms with Crippen molar-refractivity contribution in [2.24, 2.45) is 0 Å². The van der Waals surface area contributed by atoms with Gasteiger partial charge in [0.2, 0.25) is 0 Å². The lowest BCUT2D eigenvalue weighted by Gasteiger charge is -2.11. The minimum Gasteiger partial charge on any atom is -0.387 e. The highest BCUT2D eigenvalue weighted by atomic mass is 35.5. The Labute approximate surface area is 123 Å². The average Bonchev–Trinajstić information content (AvgIpc) is 2.41. The molecule has 2 amide bonds. The molecule has 0 unspecified atom stereocenters. The summed E-state index contributed by atoms with van der Waals surface area (Å²) in [5, 5.41) is 7.18. The van der Waals surface area contributed by atoms with E-state index >= 15 is 0 Å². The van der Waals surface area contributed by atoms with Gasteiger partial charge in [-0.2, -0.15) is 13.2 Å². The Kier molecular flexibility index (Phi) is 5.83. The Hall–Kier alpha value is -1.96. The summed E-state index contributed by atoms with van der Waals surface area (Å²) < 4.78 is 35.8. The van der Waals surface area contributed by atoms with Crippen LogP contribution in [0.4, 0.5) is 18.9 Å². The highest BCUT2D eigenvalue weighted by Crippen LogP contribution is 2.20. The molecule has 0 aromatic heterocycles. The minimum atomic E-state index is -4.93. The van der Waals surface area contributed by atoms with E-state index < -0.39 is 18.0 Å². The normalized spacial score (nSPS) is 10.9. The van der Waals surface area contributed by atoms with Gasteiger partial charge in [0.1, 0.15) is 0 Å². The van der Waals surface area contributed by atoms with Crippen molar-refractivity contribution in [3.63, 3.8) is 0 Å². The Morgan fingerprint density at radius 1 is 1.19 bits per heavy atom.